The number of allylic oxidation sites excluding steroid dienone is 1. The number of amides is 2. The SMILES string of the molecule is CC(=O)N1CCC(C(=O)NC2=C(c3ccccc3)CC=NO2)CC1. The molecule has 2 aliphatic heterocycles. The van der Waals surface area contributed by atoms with Crippen LogP contribution in [-0.2, 0) is 14.4 Å². The maximum atomic E-state index is 12.5. The van der Waals surface area contributed by atoms with Gasteiger partial charge in [-0.25, -0.2) is 0 Å². The fraction of sp³-hybridized carbons (Fsp3) is 0.389. The van der Waals surface area contributed by atoms with Crippen LogP contribution < -0.4 is 5.32 Å². The molecule has 2 heterocycles. The van der Waals surface area contributed by atoms with E-state index in [-0.39, 0.29) is 17.7 Å². The highest BCUT2D eigenvalue weighted by Crippen LogP contribution is 2.25. The highest BCUT2D eigenvalue weighted by molar-refractivity contribution is 5.86. The van der Waals surface area contributed by atoms with E-state index in [2.05, 4.69) is 10.5 Å². The summed E-state index contributed by atoms with van der Waals surface area (Å²) >= 11 is 0. The van der Waals surface area contributed by atoms with Crippen LogP contribution in [0.4, 0.5) is 0 Å². The molecule has 1 aromatic carbocycles. The van der Waals surface area contributed by atoms with Crippen molar-refractivity contribution in [2.24, 2.45) is 11.1 Å². The average molecular weight is 327 g/mol. The lowest BCUT2D eigenvalue weighted by atomic mass is 9.95. The molecule has 2 aliphatic rings. The summed E-state index contributed by atoms with van der Waals surface area (Å²) in [7, 11) is 0. The van der Waals surface area contributed by atoms with Gasteiger partial charge in [-0.3, -0.25) is 14.9 Å². The van der Waals surface area contributed by atoms with Crippen molar-refractivity contribution >= 4 is 23.6 Å². The van der Waals surface area contributed by atoms with Gasteiger partial charge < -0.3 is 9.74 Å². The third-order valence-corrected chi connectivity index (χ3v) is 4.46. The van der Waals surface area contributed by atoms with Gasteiger partial charge in [0.05, 0.1) is 0 Å². The molecule has 126 valence electrons. The molecule has 1 N–H and O–H groups in total. The number of hydrogen-bond acceptors (Lipinski definition) is 4. The maximum Gasteiger partial charge on any atom is 0.233 e. The molecule has 0 unspecified atom stereocenters. The number of carbonyl (C=O) groups excluding carboxylic acids is 2. The van der Waals surface area contributed by atoms with Crippen molar-refractivity contribution in [2.45, 2.75) is 26.2 Å². The second kappa shape index (κ2) is 7.29. The van der Waals surface area contributed by atoms with E-state index < -0.39 is 0 Å². The van der Waals surface area contributed by atoms with Gasteiger partial charge in [-0.1, -0.05) is 35.5 Å². The van der Waals surface area contributed by atoms with Gasteiger partial charge in [0.25, 0.3) is 0 Å². The van der Waals surface area contributed by atoms with Crippen LogP contribution in [0.1, 0.15) is 31.7 Å². The molecule has 2 amide bonds. The van der Waals surface area contributed by atoms with Gasteiger partial charge in [0, 0.05) is 44.1 Å². The minimum Gasteiger partial charge on any atom is -0.343 e. The Balaban J connectivity index is 1.68. The molecular weight excluding hydrogens is 306 g/mol. The smallest absolute Gasteiger partial charge is 0.233 e. The summed E-state index contributed by atoms with van der Waals surface area (Å²) in [5, 5.41) is 6.70. The summed E-state index contributed by atoms with van der Waals surface area (Å²) in [5.74, 6) is 0.286. The number of nitrogens with zero attached hydrogens (tertiary/aromatic N) is 2. The van der Waals surface area contributed by atoms with Crippen LogP contribution in [0.3, 0.4) is 0 Å². The zero-order valence-electron chi connectivity index (χ0n) is 13.7. The van der Waals surface area contributed by atoms with Crippen LogP contribution in [0.15, 0.2) is 41.4 Å². The average Bonchev–Trinajstić information content (AvgIpc) is 2.63. The Morgan fingerprint density at radius 2 is 1.92 bits per heavy atom. The number of carbonyl (C=O) groups is 2. The van der Waals surface area contributed by atoms with Gasteiger partial charge in [-0.15, -0.1) is 0 Å². The summed E-state index contributed by atoms with van der Waals surface area (Å²) in [6.45, 7) is 2.80. The first-order valence-electron chi connectivity index (χ1n) is 8.19. The highest BCUT2D eigenvalue weighted by atomic mass is 16.6. The molecular formula is C18H21N3O3. The summed E-state index contributed by atoms with van der Waals surface area (Å²) in [4.78, 5) is 31.0. The first-order valence-corrected chi connectivity index (χ1v) is 8.19. The lowest BCUT2D eigenvalue weighted by Gasteiger charge is -2.30. The van der Waals surface area contributed by atoms with E-state index in [1.165, 1.54) is 0 Å². The van der Waals surface area contributed by atoms with Crippen LogP contribution >= 0.6 is 0 Å². The molecule has 1 fully saturated rings. The van der Waals surface area contributed by atoms with Gasteiger partial charge in [0.15, 0.2) is 0 Å². The van der Waals surface area contributed by atoms with Gasteiger partial charge in [-0.2, -0.15) is 0 Å². The summed E-state index contributed by atoms with van der Waals surface area (Å²) in [5.41, 5.74) is 1.92. The topological polar surface area (TPSA) is 71.0 Å². The third kappa shape index (κ3) is 3.64. The predicted molar refractivity (Wildman–Crippen MR) is 90.7 cm³/mol. The maximum absolute atomic E-state index is 12.5. The molecule has 0 atom stereocenters. The van der Waals surface area contributed by atoms with E-state index in [4.69, 9.17) is 4.84 Å². The summed E-state index contributed by atoms with van der Waals surface area (Å²) in [6, 6.07) is 9.81. The zero-order chi connectivity index (χ0) is 16.9. The van der Waals surface area contributed by atoms with Crippen molar-refractivity contribution in [1.29, 1.82) is 0 Å². The Morgan fingerprint density at radius 1 is 1.21 bits per heavy atom. The Kier molecular flexibility index (Phi) is 4.93. The second-order valence-electron chi connectivity index (χ2n) is 6.03. The van der Waals surface area contributed by atoms with Gasteiger partial charge >= 0.3 is 0 Å². The fourth-order valence-corrected chi connectivity index (χ4v) is 3.02. The number of rotatable bonds is 3. The van der Waals surface area contributed by atoms with Crippen molar-refractivity contribution in [3.8, 4) is 0 Å². The highest BCUT2D eigenvalue weighted by Gasteiger charge is 2.28. The number of oxime groups is 1. The monoisotopic (exact) mass is 327 g/mol. The quantitative estimate of drug-likeness (QED) is 0.924. The minimum absolute atomic E-state index is 0.0629. The van der Waals surface area contributed by atoms with E-state index in [1.54, 1.807) is 18.0 Å². The van der Waals surface area contributed by atoms with Crippen molar-refractivity contribution in [3.63, 3.8) is 0 Å². The van der Waals surface area contributed by atoms with E-state index in [0.29, 0.717) is 38.2 Å². The third-order valence-electron chi connectivity index (χ3n) is 4.46. The molecule has 3 rings (SSSR count). The van der Waals surface area contributed by atoms with Crippen LogP contribution in [0.5, 0.6) is 0 Å². The van der Waals surface area contributed by atoms with Gasteiger partial charge in [0.1, 0.15) is 0 Å². The second-order valence-corrected chi connectivity index (χ2v) is 6.03. The fourth-order valence-electron chi connectivity index (χ4n) is 3.02. The van der Waals surface area contributed by atoms with E-state index in [1.807, 2.05) is 30.3 Å². The number of hydrogen-bond donors (Lipinski definition) is 1. The molecule has 0 radical (unpaired) electrons. The zero-order valence-corrected chi connectivity index (χ0v) is 13.7. The lowest BCUT2D eigenvalue weighted by molar-refractivity contribution is -0.134. The van der Waals surface area contributed by atoms with Crippen molar-refractivity contribution < 1.29 is 14.4 Å². The van der Waals surface area contributed by atoms with Gasteiger partial charge in [-0.05, 0) is 18.4 Å². The first kappa shape index (κ1) is 16.2. The van der Waals surface area contributed by atoms with Crippen LogP contribution in [-0.4, -0.2) is 36.0 Å². The molecule has 0 bridgehead atoms. The van der Waals surface area contributed by atoms with Crippen LogP contribution in [0.25, 0.3) is 5.57 Å². The Morgan fingerprint density at radius 3 is 2.58 bits per heavy atom. The Bertz CT molecular complexity index is 674. The van der Waals surface area contributed by atoms with E-state index in [9.17, 15) is 9.59 Å². The number of likely N-dealkylation sites (tertiary alicyclic amines) is 1. The molecule has 6 heteroatoms. The number of piperidine rings is 1. The molecule has 1 aromatic rings. The summed E-state index contributed by atoms with van der Waals surface area (Å²) in [6.07, 6.45) is 3.64. The Hall–Kier alpha value is -2.63. The molecule has 0 aliphatic carbocycles. The molecule has 0 saturated carbocycles. The van der Waals surface area contributed by atoms with E-state index in [0.717, 1.165) is 11.1 Å². The van der Waals surface area contributed by atoms with Gasteiger partial charge in [0.2, 0.25) is 17.7 Å². The van der Waals surface area contributed by atoms with Crippen molar-refractivity contribution in [1.82, 2.24) is 10.2 Å². The predicted octanol–water partition coefficient (Wildman–Crippen LogP) is 2.14. The molecule has 0 spiro atoms. The van der Waals surface area contributed by atoms with Crippen LogP contribution in [0.2, 0.25) is 0 Å². The summed E-state index contributed by atoms with van der Waals surface area (Å²) < 4.78 is 0. The largest absolute Gasteiger partial charge is 0.343 e. The Labute approximate surface area is 141 Å². The molecule has 24 heavy (non-hydrogen) atoms. The molecule has 1 saturated heterocycles. The number of benzene rings is 1. The van der Waals surface area contributed by atoms with Crippen molar-refractivity contribution in [3.05, 3.63) is 41.8 Å². The number of nitrogens with one attached hydrogen (secondary N) is 1. The van der Waals surface area contributed by atoms with E-state index >= 15 is 0 Å². The van der Waals surface area contributed by atoms with Crippen LogP contribution in [0, 0.1) is 5.92 Å². The normalized spacial score (nSPS) is 18.3. The standard InChI is InChI=1S/C18H21N3O3/c1-13(22)21-11-8-15(9-12-21)17(23)20-18-16(7-10-19-24-18)14-5-3-2-4-6-14/h2-6,10,15H,7-9,11-12H2,1H3,(H,20,23). The lowest BCUT2D eigenvalue weighted by Crippen LogP contribution is -2.42. The van der Waals surface area contributed by atoms with Crippen molar-refractivity contribution in [2.75, 3.05) is 13.1 Å². The minimum atomic E-state index is -0.111. The molecule has 6 nitrogen and oxygen atoms in total. The molecule has 0 aromatic heterocycles. The first-order chi connectivity index (χ1) is 11.6.